The summed E-state index contributed by atoms with van der Waals surface area (Å²) in [6, 6.07) is 0. The summed E-state index contributed by atoms with van der Waals surface area (Å²) in [6.45, 7) is 5.44. The molecule has 4 heteroatoms. The van der Waals surface area contributed by atoms with Gasteiger partial charge >= 0.3 is 11.9 Å². The lowest BCUT2D eigenvalue weighted by atomic mass is 10.2. The van der Waals surface area contributed by atoms with Gasteiger partial charge in [0.15, 0.2) is 0 Å². The Labute approximate surface area is 102 Å². The minimum Gasteiger partial charge on any atom is -0.478 e. The molecule has 0 aromatic carbocycles. The molecule has 0 saturated heterocycles. The number of hydrogen-bond donors (Lipinski definition) is 1. The second-order valence-electron chi connectivity index (χ2n) is 3.80. The maximum Gasteiger partial charge on any atom is 0.333 e. The van der Waals surface area contributed by atoms with Gasteiger partial charge in [0, 0.05) is 11.1 Å². The van der Waals surface area contributed by atoms with E-state index < -0.39 is 5.97 Å². The Morgan fingerprint density at radius 3 is 2.35 bits per heavy atom. The van der Waals surface area contributed by atoms with Crippen LogP contribution in [0.1, 0.15) is 40.0 Å². The Hall–Kier alpha value is -1.58. The molecule has 0 aliphatic carbocycles. The van der Waals surface area contributed by atoms with Gasteiger partial charge in [-0.1, -0.05) is 12.2 Å². The van der Waals surface area contributed by atoms with Crippen molar-refractivity contribution < 1.29 is 19.4 Å². The molecule has 17 heavy (non-hydrogen) atoms. The van der Waals surface area contributed by atoms with Gasteiger partial charge in [-0.15, -0.1) is 0 Å². The van der Waals surface area contributed by atoms with Crippen LogP contribution in [0.15, 0.2) is 23.3 Å². The van der Waals surface area contributed by atoms with Gasteiger partial charge in [0.2, 0.25) is 0 Å². The molecule has 0 atom stereocenters. The van der Waals surface area contributed by atoms with Gasteiger partial charge in [-0.2, -0.15) is 0 Å². The second kappa shape index (κ2) is 8.56. The molecule has 0 rings (SSSR count). The molecular formula is C13H20O4. The molecule has 0 aromatic rings. The molecule has 0 aromatic heterocycles. The number of carboxylic acids is 1. The van der Waals surface area contributed by atoms with Gasteiger partial charge in [0.05, 0.1) is 6.61 Å². The van der Waals surface area contributed by atoms with E-state index in [1.165, 1.54) is 0 Å². The van der Waals surface area contributed by atoms with Crippen LogP contribution in [-0.4, -0.2) is 23.7 Å². The van der Waals surface area contributed by atoms with Crippen molar-refractivity contribution in [1.29, 1.82) is 0 Å². The van der Waals surface area contributed by atoms with E-state index in [0.717, 1.165) is 12.8 Å². The van der Waals surface area contributed by atoms with Crippen LogP contribution in [0.5, 0.6) is 0 Å². The van der Waals surface area contributed by atoms with Crippen LogP contribution in [0.25, 0.3) is 0 Å². The highest BCUT2D eigenvalue weighted by atomic mass is 16.5. The largest absolute Gasteiger partial charge is 0.478 e. The molecule has 4 nitrogen and oxygen atoms in total. The molecule has 96 valence electrons. The van der Waals surface area contributed by atoms with Crippen molar-refractivity contribution in [1.82, 2.24) is 0 Å². The Morgan fingerprint density at radius 2 is 1.82 bits per heavy atom. The van der Waals surface area contributed by atoms with Gasteiger partial charge < -0.3 is 9.84 Å². The summed E-state index contributed by atoms with van der Waals surface area (Å²) in [5, 5.41) is 8.60. The maximum absolute atomic E-state index is 11.2. The Kier molecular flexibility index (Phi) is 7.76. The SMILES string of the molecule is CC=C(C)C(=O)OCCCCC=C(C)C(=O)O. The van der Waals surface area contributed by atoms with E-state index in [4.69, 9.17) is 9.84 Å². The fourth-order valence-electron chi connectivity index (χ4n) is 1.05. The van der Waals surface area contributed by atoms with Crippen molar-refractivity contribution in [2.24, 2.45) is 0 Å². The molecule has 0 radical (unpaired) electrons. The van der Waals surface area contributed by atoms with E-state index in [-0.39, 0.29) is 5.97 Å². The fourth-order valence-corrected chi connectivity index (χ4v) is 1.05. The number of carbonyl (C=O) groups excluding carboxylic acids is 1. The number of aliphatic carboxylic acids is 1. The Morgan fingerprint density at radius 1 is 1.18 bits per heavy atom. The molecule has 0 saturated carbocycles. The lowest BCUT2D eigenvalue weighted by molar-refractivity contribution is -0.139. The predicted octanol–water partition coefficient (Wildman–Crippen LogP) is 2.70. The third-order valence-electron chi connectivity index (χ3n) is 2.37. The zero-order chi connectivity index (χ0) is 13.3. The quantitative estimate of drug-likeness (QED) is 0.422. The number of carbonyl (C=O) groups is 2. The monoisotopic (exact) mass is 240 g/mol. The van der Waals surface area contributed by atoms with E-state index in [0.29, 0.717) is 24.2 Å². The Bertz CT molecular complexity index is 326. The van der Waals surface area contributed by atoms with Crippen LogP contribution in [0.2, 0.25) is 0 Å². The summed E-state index contributed by atoms with van der Waals surface area (Å²) in [6.07, 6.45) is 5.64. The lowest BCUT2D eigenvalue weighted by Gasteiger charge is -2.03. The smallest absolute Gasteiger partial charge is 0.333 e. The highest BCUT2D eigenvalue weighted by Gasteiger charge is 2.03. The summed E-state index contributed by atoms with van der Waals surface area (Å²) in [4.78, 5) is 21.7. The zero-order valence-corrected chi connectivity index (χ0v) is 10.7. The average Bonchev–Trinajstić information content (AvgIpc) is 2.31. The van der Waals surface area contributed by atoms with Crippen LogP contribution in [-0.2, 0) is 14.3 Å². The standard InChI is InChI=1S/C13H20O4/c1-4-10(2)13(16)17-9-7-5-6-8-11(3)12(14)15/h4,8H,5-7,9H2,1-3H3,(H,14,15). The summed E-state index contributed by atoms with van der Waals surface area (Å²) >= 11 is 0. The molecule has 0 aliphatic rings. The van der Waals surface area contributed by atoms with Gasteiger partial charge in [0.25, 0.3) is 0 Å². The lowest BCUT2D eigenvalue weighted by Crippen LogP contribution is -2.06. The van der Waals surface area contributed by atoms with E-state index in [1.807, 2.05) is 0 Å². The normalized spacial score (nSPS) is 12.4. The number of hydrogen-bond acceptors (Lipinski definition) is 3. The predicted molar refractivity (Wildman–Crippen MR) is 65.6 cm³/mol. The van der Waals surface area contributed by atoms with Crippen LogP contribution in [0.3, 0.4) is 0 Å². The fraction of sp³-hybridized carbons (Fsp3) is 0.538. The number of esters is 1. The van der Waals surface area contributed by atoms with Crippen molar-refractivity contribution in [3.63, 3.8) is 0 Å². The van der Waals surface area contributed by atoms with Gasteiger partial charge in [-0.3, -0.25) is 0 Å². The summed E-state index contributed by atoms with van der Waals surface area (Å²) < 4.78 is 5.00. The molecule has 0 fully saturated rings. The first-order valence-corrected chi connectivity index (χ1v) is 5.69. The van der Waals surface area contributed by atoms with E-state index in [1.54, 1.807) is 32.9 Å². The van der Waals surface area contributed by atoms with Crippen LogP contribution >= 0.6 is 0 Å². The van der Waals surface area contributed by atoms with Gasteiger partial charge in [-0.25, -0.2) is 9.59 Å². The van der Waals surface area contributed by atoms with E-state index in [9.17, 15) is 9.59 Å². The number of carboxylic acid groups (broad SMARTS) is 1. The number of rotatable bonds is 7. The summed E-state index contributed by atoms with van der Waals surface area (Å²) in [5.74, 6) is -1.18. The van der Waals surface area contributed by atoms with Crippen molar-refractivity contribution >= 4 is 11.9 Å². The Balaban J connectivity index is 3.64. The number of allylic oxidation sites excluding steroid dienone is 2. The van der Waals surface area contributed by atoms with Crippen LogP contribution < -0.4 is 0 Å². The summed E-state index contributed by atoms with van der Waals surface area (Å²) in [5.41, 5.74) is 0.957. The highest BCUT2D eigenvalue weighted by molar-refractivity contribution is 5.87. The minimum atomic E-state index is -0.889. The van der Waals surface area contributed by atoms with Crippen molar-refractivity contribution in [3.05, 3.63) is 23.3 Å². The van der Waals surface area contributed by atoms with Crippen molar-refractivity contribution in [2.75, 3.05) is 6.61 Å². The van der Waals surface area contributed by atoms with E-state index in [2.05, 4.69) is 0 Å². The second-order valence-corrected chi connectivity index (χ2v) is 3.80. The van der Waals surface area contributed by atoms with Crippen LogP contribution in [0.4, 0.5) is 0 Å². The first-order valence-electron chi connectivity index (χ1n) is 5.69. The highest BCUT2D eigenvalue weighted by Crippen LogP contribution is 2.03. The van der Waals surface area contributed by atoms with Crippen molar-refractivity contribution in [2.45, 2.75) is 40.0 Å². The molecule has 0 amide bonds. The molecular weight excluding hydrogens is 220 g/mol. The molecule has 0 aliphatic heterocycles. The first kappa shape index (κ1) is 15.4. The maximum atomic E-state index is 11.2. The molecule has 0 bridgehead atoms. The number of ether oxygens (including phenoxy) is 1. The zero-order valence-electron chi connectivity index (χ0n) is 10.7. The van der Waals surface area contributed by atoms with E-state index >= 15 is 0 Å². The van der Waals surface area contributed by atoms with Crippen LogP contribution in [0, 0.1) is 0 Å². The molecule has 1 N–H and O–H groups in total. The van der Waals surface area contributed by atoms with Gasteiger partial charge in [0.1, 0.15) is 0 Å². The first-order chi connectivity index (χ1) is 7.99. The topological polar surface area (TPSA) is 63.6 Å². The van der Waals surface area contributed by atoms with Crippen molar-refractivity contribution in [3.8, 4) is 0 Å². The summed E-state index contributed by atoms with van der Waals surface area (Å²) in [7, 11) is 0. The van der Waals surface area contributed by atoms with Gasteiger partial charge in [-0.05, 0) is 40.0 Å². The molecule has 0 spiro atoms. The average molecular weight is 240 g/mol. The molecule has 0 unspecified atom stereocenters. The minimum absolute atomic E-state index is 0.287. The number of unbranched alkanes of at least 4 members (excludes halogenated alkanes) is 2. The third-order valence-corrected chi connectivity index (χ3v) is 2.37. The molecule has 0 heterocycles. The third kappa shape index (κ3) is 7.33.